The second kappa shape index (κ2) is 19.8. The molecule has 4 aromatic rings. The Hall–Kier alpha value is -4.16. The van der Waals surface area contributed by atoms with Crippen LogP contribution in [-0.4, -0.2) is 87.9 Å². The van der Waals surface area contributed by atoms with E-state index in [1.807, 2.05) is 48.3 Å². The van der Waals surface area contributed by atoms with Gasteiger partial charge in [-0.3, -0.25) is 15.1 Å². The fourth-order valence-electron chi connectivity index (χ4n) is 5.15. The summed E-state index contributed by atoms with van der Waals surface area (Å²) in [6, 6.07) is 17.8. The molecule has 15 heteroatoms. The van der Waals surface area contributed by atoms with Gasteiger partial charge in [-0.2, -0.15) is 5.26 Å². The highest BCUT2D eigenvalue weighted by Crippen LogP contribution is 2.40. The molecule has 282 valence electrons. The molecule has 2 unspecified atom stereocenters. The van der Waals surface area contributed by atoms with E-state index in [1.165, 1.54) is 13.1 Å². The number of carboxylic acid groups (broad SMARTS) is 1. The Bertz CT molecular complexity index is 1910. The van der Waals surface area contributed by atoms with Crippen LogP contribution in [0.15, 0.2) is 67.0 Å². The van der Waals surface area contributed by atoms with Crippen molar-refractivity contribution in [1.29, 1.82) is 5.26 Å². The molecule has 2 atom stereocenters. The van der Waals surface area contributed by atoms with Gasteiger partial charge in [0.15, 0.2) is 0 Å². The van der Waals surface area contributed by atoms with Crippen molar-refractivity contribution in [2.24, 2.45) is 0 Å². The lowest BCUT2D eigenvalue weighted by Gasteiger charge is -2.25. The van der Waals surface area contributed by atoms with Crippen LogP contribution in [-0.2, 0) is 24.6 Å². The molecular formula is C38H41Cl3N4O8. The van der Waals surface area contributed by atoms with E-state index in [0.717, 1.165) is 0 Å². The smallest absolute Gasteiger partial charge is 0.326 e. The Balaban J connectivity index is 1.52. The average Bonchev–Trinajstić information content (AvgIpc) is 3.15. The minimum absolute atomic E-state index is 0.0155. The number of aliphatic hydroxyl groups excluding tert-OH is 3. The SMILES string of the molecule is CN(CCCOc1cccc(-c2cccc(COc3cc(OCc4cncc(C#N)c4)c(CNC(C)(CO)C(=O)O)cc3Cl)c2Cl)c1Cl)CC(O)CO. The molecule has 1 heterocycles. The summed E-state index contributed by atoms with van der Waals surface area (Å²) in [5.74, 6) is -0.151. The summed E-state index contributed by atoms with van der Waals surface area (Å²) in [5, 5.41) is 51.2. The van der Waals surface area contributed by atoms with E-state index in [2.05, 4.69) is 10.3 Å². The number of likely N-dealkylation sites (N-methyl/N-ethyl adjacent to an activating group) is 1. The predicted molar refractivity (Wildman–Crippen MR) is 202 cm³/mol. The van der Waals surface area contributed by atoms with Crippen molar-refractivity contribution in [3.8, 4) is 34.4 Å². The first-order chi connectivity index (χ1) is 25.4. The monoisotopic (exact) mass is 786 g/mol. The number of aromatic nitrogens is 1. The minimum atomic E-state index is -1.62. The number of carbonyl (C=O) groups is 1. The Morgan fingerprint density at radius 3 is 2.38 bits per heavy atom. The minimum Gasteiger partial charge on any atom is -0.492 e. The van der Waals surface area contributed by atoms with Crippen molar-refractivity contribution < 1.29 is 39.4 Å². The van der Waals surface area contributed by atoms with Gasteiger partial charge in [-0.15, -0.1) is 0 Å². The van der Waals surface area contributed by atoms with Crippen LogP contribution in [0.25, 0.3) is 11.1 Å². The zero-order valence-electron chi connectivity index (χ0n) is 29.2. The first-order valence-electron chi connectivity index (χ1n) is 16.6. The molecule has 53 heavy (non-hydrogen) atoms. The number of benzene rings is 3. The van der Waals surface area contributed by atoms with Gasteiger partial charge in [-0.05, 0) is 38.6 Å². The van der Waals surface area contributed by atoms with Gasteiger partial charge in [0.1, 0.15) is 42.1 Å². The Labute approximate surface area is 323 Å². The van der Waals surface area contributed by atoms with Crippen LogP contribution >= 0.6 is 34.8 Å². The van der Waals surface area contributed by atoms with Gasteiger partial charge >= 0.3 is 5.97 Å². The van der Waals surface area contributed by atoms with Gasteiger partial charge < -0.3 is 39.5 Å². The van der Waals surface area contributed by atoms with Crippen LogP contribution in [0, 0.1) is 11.3 Å². The highest BCUT2D eigenvalue weighted by Gasteiger charge is 2.32. The first kappa shape index (κ1) is 41.6. The number of hydrogen-bond acceptors (Lipinski definition) is 11. The highest BCUT2D eigenvalue weighted by atomic mass is 35.5. The molecule has 0 bridgehead atoms. The maximum absolute atomic E-state index is 11.8. The van der Waals surface area contributed by atoms with E-state index in [-0.39, 0.29) is 37.1 Å². The summed E-state index contributed by atoms with van der Waals surface area (Å²) in [7, 11) is 1.86. The van der Waals surface area contributed by atoms with Crippen LogP contribution in [0.2, 0.25) is 15.1 Å². The van der Waals surface area contributed by atoms with E-state index in [0.29, 0.717) is 81.0 Å². The van der Waals surface area contributed by atoms with Gasteiger partial charge in [-0.1, -0.05) is 65.1 Å². The number of ether oxygens (including phenoxy) is 3. The third kappa shape index (κ3) is 11.4. The van der Waals surface area contributed by atoms with Crippen molar-refractivity contribution in [1.82, 2.24) is 15.2 Å². The standard InChI is InChI=1S/C38H41Cl3N4O8/c1-38(23-47,37(49)50)44-18-27-13-31(39)34(14-33(27)52-21-25-12-24(15-42)16-43-17-25)53-22-26-6-3-7-29(35(26)40)30-8-4-9-32(36(30)41)51-11-5-10-45(2)19-28(48)20-46/h3-4,6-9,12-14,16-17,28,44,46-48H,5,10-11,18-23H2,1-2H3,(H,49,50). The summed E-state index contributed by atoms with van der Waals surface area (Å²) in [6.07, 6.45) is 2.88. The number of aliphatic hydroxyl groups is 3. The number of nitrogens with one attached hydrogen (secondary N) is 1. The molecule has 0 amide bonds. The molecular weight excluding hydrogens is 747 g/mol. The molecule has 1 aromatic heterocycles. The molecule has 4 rings (SSSR count). The number of carboxylic acids is 1. The molecule has 0 radical (unpaired) electrons. The zero-order valence-corrected chi connectivity index (χ0v) is 31.5. The lowest BCUT2D eigenvalue weighted by molar-refractivity contribution is -0.145. The fourth-order valence-corrected chi connectivity index (χ4v) is 5.95. The van der Waals surface area contributed by atoms with E-state index >= 15 is 0 Å². The third-order valence-electron chi connectivity index (χ3n) is 8.28. The van der Waals surface area contributed by atoms with Crippen LogP contribution in [0.3, 0.4) is 0 Å². The molecule has 0 spiro atoms. The molecule has 12 nitrogen and oxygen atoms in total. The number of aliphatic carboxylic acids is 1. The van der Waals surface area contributed by atoms with Gasteiger partial charge in [-0.25, -0.2) is 0 Å². The first-order valence-corrected chi connectivity index (χ1v) is 17.7. The summed E-state index contributed by atoms with van der Waals surface area (Å²) in [5.41, 5.74) is 1.84. The maximum atomic E-state index is 11.8. The molecule has 0 saturated heterocycles. The normalized spacial score (nSPS) is 12.9. The molecule has 0 aliphatic heterocycles. The van der Waals surface area contributed by atoms with Gasteiger partial charge in [0, 0.05) is 65.9 Å². The van der Waals surface area contributed by atoms with Gasteiger partial charge in [0.2, 0.25) is 0 Å². The highest BCUT2D eigenvalue weighted by molar-refractivity contribution is 6.37. The second-order valence-corrected chi connectivity index (χ2v) is 13.7. The largest absolute Gasteiger partial charge is 0.492 e. The summed E-state index contributed by atoms with van der Waals surface area (Å²) in [4.78, 5) is 17.8. The molecule has 0 fully saturated rings. The zero-order chi connectivity index (χ0) is 38.5. The lowest BCUT2D eigenvalue weighted by Crippen LogP contribution is -2.52. The molecule has 3 aromatic carbocycles. The van der Waals surface area contributed by atoms with Crippen molar-refractivity contribution in [2.45, 2.75) is 44.7 Å². The number of pyridine rings is 1. The third-order valence-corrected chi connectivity index (χ3v) is 9.41. The number of hydrogen-bond donors (Lipinski definition) is 5. The Morgan fingerprint density at radius 2 is 1.68 bits per heavy atom. The van der Waals surface area contributed by atoms with Crippen LogP contribution in [0.5, 0.6) is 17.2 Å². The van der Waals surface area contributed by atoms with Gasteiger partial charge in [0.25, 0.3) is 0 Å². The van der Waals surface area contributed by atoms with E-state index in [1.54, 1.807) is 30.5 Å². The van der Waals surface area contributed by atoms with Crippen molar-refractivity contribution in [3.63, 3.8) is 0 Å². The van der Waals surface area contributed by atoms with E-state index in [9.17, 15) is 25.4 Å². The Kier molecular flexibility index (Phi) is 15.5. The summed E-state index contributed by atoms with van der Waals surface area (Å²) in [6.45, 7) is 1.84. The molecule has 0 aliphatic carbocycles. The van der Waals surface area contributed by atoms with Crippen molar-refractivity contribution in [3.05, 3.63) is 104 Å². The summed E-state index contributed by atoms with van der Waals surface area (Å²) >= 11 is 20.4. The predicted octanol–water partition coefficient (Wildman–Crippen LogP) is 5.72. The van der Waals surface area contributed by atoms with Crippen LogP contribution < -0.4 is 19.5 Å². The average molecular weight is 788 g/mol. The number of nitriles is 1. The summed E-state index contributed by atoms with van der Waals surface area (Å²) < 4.78 is 18.2. The molecule has 5 N–H and O–H groups in total. The van der Waals surface area contributed by atoms with E-state index < -0.39 is 24.2 Å². The van der Waals surface area contributed by atoms with E-state index in [4.69, 9.17) is 54.1 Å². The molecule has 0 aliphatic rings. The number of nitrogens with zero attached hydrogens (tertiary/aromatic N) is 3. The quantitative estimate of drug-likeness (QED) is 0.0690. The van der Waals surface area contributed by atoms with Gasteiger partial charge in [0.05, 0.1) is 46.6 Å². The number of rotatable bonds is 20. The lowest BCUT2D eigenvalue weighted by atomic mass is 10.0. The second-order valence-electron chi connectivity index (χ2n) is 12.5. The van der Waals surface area contributed by atoms with Crippen molar-refractivity contribution in [2.75, 3.05) is 40.0 Å². The fraction of sp³-hybridized carbons (Fsp3) is 0.342. The van der Waals surface area contributed by atoms with Crippen molar-refractivity contribution >= 4 is 40.8 Å². The topological polar surface area (TPSA) is 178 Å². The van der Waals surface area contributed by atoms with Crippen LogP contribution in [0.1, 0.15) is 35.6 Å². The molecule has 0 saturated carbocycles. The number of halogens is 3. The Morgan fingerprint density at radius 1 is 0.962 bits per heavy atom. The maximum Gasteiger partial charge on any atom is 0.326 e. The van der Waals surface area contributed by atoms with Crippen LogP contribution in [0.4, 0.5) is 0 Å².